The first-order chi connectivity index (χ1) is 7.70. The van der Waals surface area contributed by atoms with Crippen molar-refractivity contribution in [2.45, 2.75) is 12.2 Å². The lowest BCUT2D eigenvalue weighted by atomic mass is 10.0. The van der Waals surface area contributed by atoms with Crippen molar-refractivity contribution in [1.29, 1.82) is 0 Å². The van der Waals surface area contributed by atoms with Gasteiger partial charge in [0.1, 0.15) is 23.0 Å². The Labute approximate surface area is 91.7 Å². The minimum absolute atomic E-state index is 0.114. The molecule has 0 saturated carbocycles. The van der Waals surface area contributed by atoms with E-state index in [-0.39, 0.29) is 6.07 Å². The van der Waals surface area contributed by atoms with E-state index < -0.39 is 47.4 Å². The lowest BCUT2D eigenvalue weighted by Gasteiger charge is -2.16. The molecule has 0 heterocycles. The summed E-state index contributed by atoms with van der Waals surface area (Å²) in [6.45, 7) is -0.975. The van der Waals surface area contributed by atoms with Crippen molar-refractivity contribution in [3.63, 3.8) is 0 Å². The van der Waals surface area contributed by atoms with Crippen LogP contribution in [0.1, 0.15) is 17.2 Å². The average molecular weight is 259 g/mol. The zero-order chi connectivity index (χ0) is 13.4. The molecule has 2 nitrogen and oxygen atoms in total. The largest absolute Gasteiger partial charge is 0.422 e. The second-order valence-electron chi connectivity index (χ2n) is 3.23. The van der Waals surface area contributed by atoms with Gasteiger partial charge in [0.2, 0.25) is 0 Å². The number of hydrogen-bond donors (Lipinski definition) is 2. The molecule has 0 spiro atoms. The highest BCUT2D eigenvalue weighted by Gasteiger charge is 2.40. The summed E-state index contributed by atoms with van der Waals surface area (Å²) in [6.07, 6.45) is -5.31. The summed E-state index contributed by atoms with van der Waals surface area (Å²) in [5.74, 6) is -5.78. The Bertz CT molecular complexity index is 430. The summed E-state index contributed by atoms with van der Waals surface area (Å²) < 4.78 is 76.1. The van der Waals surface area contributed by atoms with Crippen LogP contribution in [0.3, 0.4) is 0 Å². The highest BCUT2D eigenvalue weighted by molar-refractivity contribution is 5.33. The van der Waals surface area contributed by atoms with Gasteiger partial charge in [-0.1, -0.05) is 0 Å². The number of nitrogens with two attached hydrogens (primary N) is 1. The summed E-state index contributed by atoms with van der Waals surface area (Å²) >= 11 is 0. The molecule has 3 N–H and O–H groups in total. The summed E-state index contributed by atoms with van der Waals surface area (Å²) in [4.78, 5) is 0. The quantitative estimate of drug-likeness (QED) is 0.799. The van der Waals surface area contributed by atoms with Crippen LogP contribution >= 0.6 is 0 Å². The first kappa shape index (κ1) is 13.8. The molecule has 0 aliphatic carbocycles. The number of halogens is 6. The van der Waals surface area contributed by atoms with Crippen LogP contribution in [0.4, 0.5) is 26.3 Å². The van der Waals surface area contributed by atoms with E-state index in [4.69, 9.17) is 10.8 Å². The van der Waals surface area contributed by atoms with Crippen molar-refractivity contribution in [1.82, 2.24) is 0 Å². The van der Waals surface area contributed by atoms with E-state index in [2.05, 4.69) is 0 Å². The van der Waals surface area contributed by atoms with Gasteiger partial charge in [0.05, 0.1) is 12.6 Å². The van der Waals surface area contributed by atoms with Crippen molar-refractivity contribution in [3.05, 3.63) is 34.6 Å². The minimum Gasteiger partial charge on any atom is -0.394 e. The molecule has 0 aliphatic heterocycles. The standard InChI is InChI=1S/C9H7F6NO/c10-3-1-4(11)7(9(13,14)15)8(12)6(3)5(16)2-17/h1,5,17H,2,16H2/t5-/m0/s1. The maximum atomic E-state index is 13.3. The number of hydrogen-bond acceptors (Lipinski definition) is 2. The molecule has 0 bridgehead atoms. The SMILES string of the molecule is N[C@@H](CO)c1c(F)cc(F)c(C(F)(F)F)c1F. The summed E-state index contributed by atoms with van der Waals surface area (Å²) in [6, 6.07) is -1.81. The van der Waals surface area contributed by atoms with Gasteiger partial charge in [0, 0.05) is 11.6 Å². The smallest absolute Gasteiger partial charge is 0.394 e. The molecule has 1 rings (SSSR count). The number of alkyl halides is 3. The molecule has 0 radical (unpaired) electrons. The number of benzene rings is 1. The van der Waals surface area contributed by atoms with Crippen molar-refractivity contribution in [2.75, 3.05) is 6.61 Å². The molecule has 96 valence electrons. The van der Waals surface area contributed by atoms with Crippen molar-refractivity contribution in [3.8, 4) is 0 Å². The monoisotopic (exact) mass is 259 g/mol. The molecule has 0 amide bonds. The Morgan fingerprint density at radius 3 is 2.12 bits per heavy atom. The third-order valence-corrected chi connectivity index (χ3v) is 2.06. The van der Waals surface area contributed by atoms with Crippen molar-refractivity contribution < 1.29 is 31.4 Å². The van der Waals surface area contributed by atoms with E-state index in [1.165, 1.54) is 0 Å². The van der Waals surface area contributed by atoms with Crippen molar-refractivity contribution >= 4 is 0 Å². The predicted molar refractivity (Wildman–Crippen MR) is 45.3 cm³/mol. The van der Waals surface area contributed by atoms with Gasteiger partial charge in [-0.2, -0.15) is 13.2 Å². The van der Waals surface area contributed by atoms with Gasteiger partial charge in [0.25, 0.3) is 0 Å². The summed E-state index contributed by atoms with van der Waals surface area (Å²) in [5, 5.41) is 8.57. The normalized spacial score (nSPS) is 13.9. The van der Waals surface area contributed by atoms with Gasteiger partial charge in [0.15, 0.2) is 0 Å². The molecular formula is C9H7F6NO. The number of rotatable bonds is 2. The maximum absolute atomic E-state index is 13.3. The Morgan fingerprint density at radius 1 is 1.18 bits per heavy atom. The van der Waals surface area contributed by atoms with Crippen LogP contribution in [0.25, 0.3) is 0 Å². The molecule has 1 aromatic carbocycles. The van der Waals surface area contributed by atoms with Gasteiger partial charge >= 0.3 is 6.18 Å². The lowest BCUT2D eigenvalue weighted by molar-refractivity contribution is -0.142. The molecule has 0 aliphatic rings. The first-order valence-electron chi connectivity index (χ1n) is 4.31. The lowest BCUT2D eigenvalue weighted by Crippen LogP contribution is -2.22. The van der Waals surface area contributed by atoms with Gasteiger partial charge in [-0.15, -0.1) is 0 Å². The highest BCUT2D eigenvalue weighted by atomic mass is 19.4. The van der Waals surface area contributed by atoms with Crippen LogP contribution in [0.5, 0.6) is 0 Å². The van der Waals surface area contributed by atoms with Crippen LogP contribution in [-0.2, 0) is 6.18 Å². The maximum Gasteiger partial charge on any atom is 0.422 e. The Hall–Kier alpha value is -1.28. The molecule has 8 heteroatoms. The molecule has 0 aromatic heterocycles. The van der Waals surface area contributed by atoms with E-state index in [9.17, 15) is 26.3 Å². The molecule has 0 saturated heterocycles. The highest BCUT2D eigenvalue weighted by Crippen LogP contribution is 2.36. The average Bonchev–Trinajstić information content (AvgIpc) is 2.13. The van der Waals surface area contributed by atoms with Crippen LogP contribution in [-0.4, -0.2) is 11.7 Å². The van der Waals surface area contributed by atoms with E-state index in [0.717, 1.165) is 0 Å². The Balaban J connectivity index is 3.54. The second-order valence-corrected chi connectivity index (χ2v) is 3.23. The fourth-order valence-electron chi connectivity index (χ4n) is 1.30. The second kappa shape index (κ2) is 4.53. The topological polar surface area (TPSA) is 46.2 Å². The zero-order valence-corrected chi connectivity index (χ0v) is 8.15. The van der Waals surface area contributed by atoms with Gasteiger partial charge < -0.3 is 10.8 Å². The predicted octanol–water partition coefficient (Wildman–Crippen LogP) is 2.11. The molecule has 1 atom stereocenters. The first-order valence-corrected chi connectivity index (χ1v) is 4.31. The molecule has 0 fully saturated rings. The van der Waals surface area contributed by atoms with Crippen LogP contribution in [0.2, 0.25) is 0 Å². The zero-order valence-electron chi connectivity index (χ0n) is 8.15. The van der Waals surface area contributed by atoms with Crippen LogP contribution in [0.15, 0.2) is 6.07 Å². The summed E-state index contributed by atoms with van der Waals surface area (Å²) in [5.41, 5.74) is 1.62. The number of aliphatic hydroxyl groups is 1. The van der Waals surface area contributed by atoms with Crippen LogP contribution < -0.4 is 5.73 Å². The molecule has 0 unspecified atom stereocenters. The van der Waals surface area contributed by atoms with E-state index >= 15 is 0 Å². The molecule has 17 heavy (non-hydrogen) atoms. The van der Waals surface area contributed by atoms with Gasteiger partial charge in [-0.3, -0.25) is 0 Å². The van der Waals surface area contributed by atoms with E-state index in [0.29, 0.717) is 0 Å². The third-order valence-electron chi connectivity index (χ3n) is 2.06. The Kier molecular flexibility index (Phi) is 3.68. The molecular weight excluding hydrogens is 252 g/mol. The van der Waals surface area contributed by atoms with Crippen molar-refractivity contribution in [2.24, 2.45) is 5.73 Å². The minimum atomic E-state index is -5.31. The van der Waals surface area contributed by atoms with Gasteiger partial charge in [-0.25, -0.2) is 13.2 Å². The fourth-order valence-corrected chi connectivity index (χ4v) is 1.30. The summed E-state index contributed by atoms with van der Waals surface area (Å²) in [7, 11) is 0. The van der Waals surface area contributed by atoms with E-state index in [1.54, 1.807) is 0 Å². The fraction of sp³-hybridized carbons (Fsp3) is 0.333. The van der Waals surface area contributed by atoms with Crippen LogP contribution in [0, 0.1) is 17.5 Å². The van der Waals surface area contributed by atoms with Gasteiger partial charge in [-0.05, 0) is 0 Å². The van der Waals surface area contributed by atoms with E-state index in [1.807, 2.05) is 0 Å². The molecule has 1 aromatic rings. The Morgan fingerprint density at radius 2 is 1.71 bits per heavy atom. The number of aliphatic hydroxyl groups excluding tert-OH is 1. The third kappa shape index (κ3) is 2.52.